The van der Waals surface area contributed by atoms with Crippen molar-refractivity contribution in [2.45, 2.75) is 38.0 Å². The van der Waals surface area contributed by atoms with E-state index in [2.05, 4.69) is 10.6 Å². The van der Waals surface area contributed by atoms with E-state index in [0.717, 1.165) is 18.9 Å². The van der Waals surface area contributed by atoms with Crippen LogP contribution >= 0.6 is 0 Å². The van der Waals surface area contributed by atoms with Gasteiger partial charge in [-0.3, -0.25) is 9.59 Å². The first kappa shape index (κ1) is 17.7. The molecule has 25 heavy (non-hydrogen) atoms. The summed E-state index contributed by atoms with van der Waals surface area (Å²) in [6.07, 6.45) is -2.22. The van der Waals surface area contributed by atoms with E-state index in [-0.39, 0.29) is 11.8 Å². The third-order valence-corrected chi connectivity index (χ3v) is 4.61. The van der Waals surface area contributed by atoms with Crippen LogP contribution in [0, 0.1) is 5.41 Å². The lowest BCUT2D eigenvalue weighted by Crippen LogP contribution is -2.42. The van der Waals surface area contributed by atoms with Gasteiger partial charge in [0.2, 0.25) is 11.8 Å². The van der Waals surface area contributed by atoms with E-state index in [0.29, 0.717) is 26.0 Å². The minimum atomic E-state index is -4.58. The van der Waals surface area contributed by atoms with Crippen LogP contribution < -0.4 is 10.6 Å². The Morgan fingerprint density at radius 2 is 1.92 bits per heavy atom. The smallest absolute Gasteiger partial charge is 0.376 e. The lowest BCUT2D eigenvalue weighted by Gasteiger charge is -2.19. The Balaban J connectivity index is 1.65. The zero-order valence-electron chi connectivity index (χ0n) is 13.5. The molecule has 0 spiro atoms. The van der Waals surface area contributed by atoms with Gasteiger partial charge in [0.25, 0.3) is 0 Å². The fourth-order valence-electron chi connectivity index (χ4n) is 2.94. The summed E-state index contributed by atoms with van der Waals surface area (Å²) in [5.41, 5.74) is -2.55. The van der Waals surface area contributed by atoms with Gasteiger partial charge in [-0.2, -0.15) is 13.2 Å². The van der Waals surface area contributed by atoms with Crippen molar-refractivity contribution in [3.05, 3.63) is 29.8 Å². The highest BCUT2D eigenvalue weighted by atomic mass is 19.4. The molecular weight excluding hydrogens is 337 g/mol. The predicted molar refractivity (Wildman–Crippen MR) is 83.7 cm³/mol. The van der Waals surface area contributed by atoms with Crippen molar-refractivity contribution in [1.29, 1.82) is 0 Å². The molecule has 8 heteroatoms. The molecular formula is C17H19F3N2O3. The molecule has 1 unspecified atom stereocenters. The molecule has 2 amide bonds. The molecule has 1 aromatic carbocycles. The molecule has 1 atom stereocenters. The maximum atomic E-state index is 13.0. The SMILES string of the molecule is O=C(NCC1CCCO1)C1(C(=O)Nc2ccccc2C(F)(F)F)CC1. The second kappa shape index (κ2) is 6.67. The van der Waals surface area contributed by atoms with E-state index >= 15 is 0 Å². The molecule has 136 valence electrons. The van der Waals surface area contributed by atoms with Crippen molar-refractivity contribution in [2.24, 2.45) is 5.41 Å². The Morgan fingerprint density at radius 1 is 1.20 bits per heavy atom. The largest absolute Gasteiger partial charge is 0.418 e. The second-order valence-corrected chi connectivity index (χ2v) is 6.42. The molecule has 1 aromatic rings. The van der Waals surface area contributed by atoms with Crippen LogP contribution in [0.25, 0.3) is 0 Å². The van der Waals surface area contributed by atoms with Crippen LogP contribution in [0.15, 0.2) is 24.3 Å². The van der Waals surface area contributed by atoms with Crippen molar-refractivity contribution < 1.29 is 27.5 Å². The molecule has 5 nitrogen and oxygen atoms in total. The molecule has 1 saturated heterocycles. The van der Waals surface area contributed by atoms with Crippen molar-refractivity contribution in [1.82, 2.24) is 5.32 Å². The number of carbonyl (C=O) groups is 2. The number of amides is 2. The summed E-state index contributed by atoms with van der Waals surface area (Å²) in [5, 5.41) is 4.97. The van der Waals surface area contributed by atoms with Crippen LogP contribution in [0.3, 0.4) is 0 Å². The van der Waals surface area contributed by atoms with E-state index in [4.69, 9.17) is 4.74 Å². The number of para-hydroxylation sites is 1. The van der Waals surface area contributed by atoms with Gasteiger partial charge in [-0.15, -0.1) is 0 Å². The van der Waals surface area contributed by atoms with Gasteiger partial charge in [0.15, 0.2) is 0 Å². The predicted octanol–water partition coefficient (Wildman–Crippen LogP) is 2.72. The standard InChI is InChI=1S/C17H19F3N2O3/c18-17(19,20)12-5-1-2-6-13(12)22-15(24)16(7-8-16)14(23)21-10-11-4-3-9-25-11/h1-2,5-6,11H,3-4,7-10H2,(H,21,23)(H,22,24). The van der Waals surface area contributed by atoms with E-state index in [1.807, 2.05) is 0 Å². The highest BCUT2D eigenvalue weighted by Crippen LogP contribution is 2.47. The minimum absolute atomic E-state index is 0.0613. The zero-order valence-corrected chi connectivity index (χ0v) is 13.5. The lowest BCUT2D eigenvalue weighted by atomic mass is 10.0. The van der Waals surface area contributed by atoms with Gasteiger partial charge in [-0.05, 0) is 37.8 Å². The van der Waals surface area contributed by atoms with Crippen LogP contribution in [0.4, 0.5) is 18.9 Å². The van der Waals surface area contributed by atoms with E-state index in [1.165, 1.54) is 18.2 Å². The van der Waals surface area contributed by atoms with Gasteiger partial charge >= 0.3 is 6.18 Å². The summed E-state index contributed by atoms with van der Waals surface area (Å²) < 4.78 is 44.5. The molecule has 1 aliphatic carbocycles. The lowest BCUT2D eigenvalue weighted by molar-refractivity contribution is -0.137. The number of ether oxygens (including phenoxy) is 1. The van der Waals surface area contributed by atoms with Crippen LogP contribution in [-0.2, 0) is 20.5 Å². The number of alkyl halides is 3. The monoisotopic (exact) mass is 356 g/mol. The van der Waals surface area contributed by atoms with E-state index in [9.17, 15) is 22.8 Å². The molecule has 1 heterocycles. The third-order valence-electron chi connectivity index (χ3n) is 4.61. The number of hydrogen-bond donors (Lipinski definition) is 2. The number of hydrogen-bond acceptors (Lipinski definition) is 3. The minimum Gasteiger partial charge on any atom is -0.376 e. The summed E-state index contributed by atoms with van der Waals surface area (Å²) in [5.74, 6) is -1.15. The Morgan fingerprint density at radius 3 is 2.52 bits per heavy atom. The fraction of sp³-hybridized carbons (Fsp3) is 0.529. The van der Waals surface area contributed by atoms with Crippen LogP contribution in [-0.4, -0.2) is 31.1 Å². The van der Waals surface area contributed by atoms with Gasteiger partial charge < -0.3 is 15.4 Å². The fourth-order valence-corrected chi connectivity index (χ4v) is 2.94. The molecule has 2 N–H and O–H groups in total. The zero-order chi connectivity index (χ0) is 18.1. The van der Waals surface area contributed by atoms with Crippen molar-refractivity contribution >= 4 is 17.5 Å². The molecule has 1 aliphatic heterocycles. The average molecular weight is 356 g/mol. The maximum absolute atomic E-state index is 13.0. The summed E-state index contributed by atoms with van der Waals surface area (Å²) in [6, 6.07) is 4.73. The first-order valence-electron chi connectivity index (χ1n) is 8.20. The maximum Gasteiger partial charge on any atom is 0.418 e. The Labute approximate surface area is 142 Å². The highest BCUT2D eigenvalue weighted by Gasteiger charge is 2.56. The van der Waals surface area contributed by atoms with Crippen LogP contribution in [0.5, 0.6) is 0 Å². The van der Waals surface area contributed by atoms with Crippen molar-refractivity contribution in [3.63, 3.8) is 0 Å². The number of carbonyl (C=O) groups excluding carboxylic acids is 2. The first-order valence-corrected chi connectivity index (χ1v) is 8.20. The molecule has 0 bridgehead atoms. The van der Waals surface area contributed by atoms with Gasteiger partial charge in [0.1, 0.15) is 5.41 Å². The topological polar surface area (TPSA) is 67.4 Å². The molecule has 0 radical (unpaired) electrons. The van der Waals surface area contributed by atoms with Crippen molar-refractivity contribution in [2.75, 3.05) is 18.5 Å². The number of rotatable bonds is 5. The number of benzene rings is 1. The van der Waals surface area contributed by atoms with Gasteiger partial charge in [-0.1, -0.05) is 12.1 Å². The summed E-state index contributed by atoms with van der Waals surface area (Å²) >= 11 is 0. The number of anilines is 1. The summed E-state index contributed by atoms with van der Waals surface area (Å²) in [7, 11) is 0. The van der Waals surface area contributed by atoms with E-state index in [1.54, 1.807) is 0 Å². The molecule has 1 saturated carbocycles. The molecule has 2 aliphatic rings. The summed E-state index contributed by atoms with van der Waals surface area (Å²) in [4.78, 5) is 24.8. The Hall–Kier alpha value is -2.09. The highest BCUT2D eigenvalue weighted by molar-refractivity contribution is 6.13. The normalized spacial score (nSPS) is 21.6. The van der Waals surface area contributed by atoms with Gasteiger partial charge in [0.05, 0.1) is 17.4 Å². The number of nitrogens with one attached hydrogen (secondary N) is 2. The first-order chi connectivity index (χ1) is 11.8. The Kier molecular flexibility index (Phi) is 4.73. The van der Waals surface area contributed by atoms with Crippen molar-refractivity contribution in [3.8, 4) is 0 Å². The van der Waals surface area contributed by atoms with E-state index < -0.39 is 29.0 Å². The summed E-state index contributed by atoms with van der Waals surface area (Å²) in [6.45, 7) is 0.966. The molecule has 0 aromatic heterocycles. The van der Waals surface area contributed by atoms with Gasteiger partial charge in [-0.25, -0.2) is 0 Å². The molecule has 2 fully saturated rings. The number of halogens is 3. The van der Waals surface area contributed by atoms with Gasteiger partial charge in [0, 0.05) is 13.2 Å². The quantitative estimate of drug-likeness (QED) is 0.797. The third kappa shape index (κ3) is 3.78. The van der Waals surface area contributed by atoms with Crippen LogP contribution in [0.2, 0.25) is 0 Å². The second-order valence-electron chi connectivity index (χ2n) is 6.42. The Bertz CT molecular complexity index is 665. The average Bonchev–Trinajstić information content (AvgIpc) is 3.22. The molecule has 3 rings (SSSR count). The van der Waals surface area contributed by atoms with Crippen LogP contribution in [0.1, 0.15) is 31.2 Å².